The number of thiazole rings is 1. The lowest BCUT2D eigenvalue weighted by Crippen LogP contribution is -2.30. The first-order valence-electron chi connectivity index (χ1n) is 9.73. The second kappa shape index (κ2) is 7.21. The van der Waals surface area contributed by atoms with Crippen LogP contribution in [0, 0.1) is 13.8 Å². The van der Waals surface area contributed by atoms with Crippen molar-refractivity contribution in [2.24, 2.45) is 0 Å². The summed E-state index contributed by atoms with van der Waals surface area (Å²) in [7, 11) is 0. The van der Waals surface area contributed by atoms with E-state index in [1.54, 1.807) is 6.07 Å². The number of Topliss-reactive ketones (excluding diaryl/α,β-unsaturated/α-hetero) is 1. The van der Waals surface area contributed by atoms with Crippen molar-refractivity contribution < 1.29 is 19.1 Å². The first kappa shape index (κ1) is 19.3. The molecule has 1 N–H and O–H groups in total. The number of aliphatic hydroxyl groups is 1. The maximum Gasteiger partial charge on any atom is 0.296 e. The molecule has 2 aromatic carbocycles. The average Bonchev–Trinajstić information content (AvgIpc) is 3.48. The summed E-state index contributed by atoms with van der Waals surface area (Å²) in [4.78, 5) is 32.5. The number of fused-ring (bicyclic) bond motifs is 1. The van der Waals surface area contributed by atoms with E-state index in [4.69, 9.17) is 9.40 Å². The van der Waals surface area contributed by atoms with Gasteiger partial charge in [0, 0.05) is 0 Å². The molecule has 0 aliphatic carbocycles. The van der Waals surface area contributed by atoms with Crippen LogP contribution in [-0.4, -0.2) is 21.8 Å². The van der Waals surface area contributed by atoms with E-state index in [-0.39, 0.29) is 11.3 Å². The number of amides is 1. The molecule has 6 nitrogen and oxygen atoms in total. The number of ketones is 1. The molecule has 0 spiro atoms. The number of aryl methyl sites for hydroxylation is 2. The lowest BCUT2D eigenvalue weighted by Gasteiger charge is -2.24. The third kappa shape index (κ3) is 3.05. The first-order chi connectivity index (χ1) is 15.0. The van der Waals surface area contributed by atoms with Crippen LogP contribution in [0.1, 0.15) is 33.3 Å². The zero-order valence-corrected chi connectivity index (χ0v) is 17.6. The van der Waals surface area contributed by atoms with Crippen LogP contribution in [0.3, 0.4) is 0 Å². The number of aliphatic hydroxyl groups excluding tert-OH is 1. The van der Waals surface area contributed by atoms with Gasteiger partial charge in [-0.3, -0.25) is 14.5 Å². The third-order valence-corrected chi connectivity index (χ3v) is 6.34. The van der Waals surface area contributed by atoms with Crippen LogP contribution in [0.15, 0.2) is 76.6 Å². The third-order valence-electron chi connectivity index (χ3n) is 5.34. The van der Waals surface area contributed by atoms with Gasteiger partial charge in [-0.05, 0) is 48.7 Å². The number of hydrogen-bond acceptors (Lipinski definition) is 6. The lowest BCUT2D eigenvalue weighted by atomic mass is 9.95. The number of benzene rings is 2. The molecule has 0 fully saturated rings. The Labute approximate surface area is 182 Å². The molecule has 7 heteroatoms. The normalized spacial score (nSPS) is 16.5. The summed E-state index contributed by atoms with van der Waals surface area (Å²) in [5, 5.41) is 11.2. The summed E-state index contributed by atoms with van der Waals surface area (Å²) in [6.07, 6.45) is 1.38. The van der Waals surface area contributed by atoms with E-state index in [0.717, 1.165) is 21.3 Å². The van der Waals surface area contributed by atoms with E-state index in [9.17, 15) is 14.7 Å². The number of furan rings is 1. The fourth-order valence-electron chi connectivity index (χ4n) is 3.99. The number of aromatic nitrogens is 1. The van der Waals surface area contributed by atoms with Gasteiger partial charge in [0.1, 0.15) is 0 Å². The van der Waals surface area contributed by atoms with E-state index >= 15 is 0 Å². The van der Waals surface area contributed by atoms with Gasteiger partial charge in [-0.1, -0.05) is 47.7 Å². The van der Waals surface area contributed by atoms with Gasteiger partial charge >= 0.3 is 0 Å². The fourth-order valence-corrected chi connectivity index (χ4v) is 5.16. The Morgan fingerprint density at radius 2 is 1.90 bits per heavy atom. The van der Waals surface area contributed by atoms with Crippen LogP contribution in [0.4, 0.5) is 5.13 Å². The molecule has 2 aromatic heterocycles. The Morgan fingerprint density at radius 3 is 2.61 bits per heavy atom. The molecule has 0 radical (unpaired) electrons. The number of carbonyl (C=O) groups is 2. The lowest BCUT2D eigenvalue weighted by molar-refractivity contribution is -0.117. The molecule has 1 amide bonds. The summed E-state index contributed by atoms with van der Waals surface area (Å²) in [6, 6.07) is 15.5. The molecule has 0 saturated carbocycles. The SMILES string of the molecule is Cc1cc(C)c2nc(N3C(=O)C(O)=C(C(=O)c4ccco4)[C@@H]3c3ccccc3)sc2c1. The Balaban J connectivity index is 1.69. The monoisotopic (exact) mass is 430 g/mol. The van der Waals surface area contributed by atoms with E-state index in [1.165, 1.54) is 28.6 Å². The summed E-state index contributed by atoms with van der Waals surface area (Å²) in [6.45, 7) is 3.98. The van der Waals surface area contributed by atoms with Crippen LogP contribution in [-0.2, 0) is 4.79 Å². The Kier molecular flexibility index (Phi) is 4.48. The summed E-state index contributed by atoms with van der Waals surface area (Å²) in [5.41, 5.74) is 3.59. The zero-order chi connectivity index (χ0) is 21.7. The second-order valence-corrected chi connectivity index (χ2v) is 8.49. The maximum atomic E-state index is 13.2. The molecule has 154 valence electrons. The molecule has 31 heavy (non-hydrogen) atoms. The van der Waals surface area contributed by atoms with Gasteiger partial charge in [0.05, 0.1) is 28.1 Å². The fraction of sp³-hybridized carbons (Fsp3) is 0.125. The molecule has 0 bridgehead atoms. The highest BCUT2D eigenvalue weighted by atomic mass is 32.1. The summed E-state index contributed by atoms with van der Waals surface area (Å²) >= 11 is 1.36. The van der Waals surface area contributed by atoms with Crippen LogP contribution in [0.2, 0.25) is 0 Å². The van der Waals surface area contributed by atoms with E-state index < -0.39 is 23.5 Å². The van der Waals surface area contributed by atoms with E-state index in [2.05, 4.69) is 0 Å². The van der Waals surface area contributed by atoms with Gasteiger partial charge < -0.3 is 9.52 Å². The highest BCUT2D eigenvalue weighted by molar-refractivity contribution is 7.22. The van der Waals surface area contributed by atoms with E-state index in [0.29, 0.717) is 10.7 Å². The number of rotatable bonds is 4. The van der Waals surface area contributed by atoms with Crippen molar-refractivity contribution in [2.75, 3.05) is 4.90 Å². The predicted octanol–water partition coefficient (Wildman–Crippen LogP) is 5.29. The standard InChI is InChI=1S/C24H18N2O4S/c1-13-11-14(2)19-17(12-13)31-24(25-19)26-20(15-7-4-3-5-8-15)18(22(28)23(26)29)21(27)16-9-6-10-30-16/h3-12,20,28H,1-2H3/t20-/m0/s1. The van der Waals surface area contributed by atoms with E-state index in [1.807, 2.05) is 56.3 Å². The largest absolute Gasteiger partial charge is 0.503 e. The smallest absolute Gasteiger partial charge is 0.296 e. The molecule has 3 heterocycles. The van der Waals surface area contributed by atoms with Gasteiger partial charge in [0.2, 0.25) is 5.78 Å². The number of anilines is 1. The minimum absolute atomic E-state index is 0.0155. The quantitative estimate of drug-likeness (QED) is 0.445. The zero-order valence-electron chi connectivity index (χ0n) is 16.8. The van der Waals surface area contributed by atoms with Crippen LogP contribution in [0.5, 0.6) is 0 Å². The number of nitrogens with zero attached hydrogens (tertiary/aromatic N) is 2. The number of carbonyl (C=O) groups excluding carboxylic acids is 2. The molecule has 1 aliphatic heterocycles. The molecule has 1 atom stereocenters. The van der Waals surface area contributed by atoms with Crippen molar-refractivity contribution in [3.8, 4) is 0 Å². The van der Waals surface area contributed by atoms with Crippen LogP contribution < -0.4 is 4.90 Å². The summed E-state index contributed by atoms with van der Waals surface area (Å²) in [5.74, 6) is -1.70. The molecule has 0 unspecified atom stereocenters. The first-order valence-corrected chi connectivity index (χ1v) is 10.5. The van der Waals surface area contributed by atoms with Gasteiger partial charge in [-0.2, -0.15) is 0 Å². The van der Waals surface area contributed by atoms with Crippen molar-refractivity contribution in [3.05, 3.63) is 94.6 Å². The highest BCUT2D eigenvalue weighted by Crippen LogP contribution is 2.44. The van der Waals surface area contributed by atoms with Crippen molar-refractivity contribution in [3.63, 3.8) is 0 Å². The van der Waals surface area contributed by atoms with Gasteiger partial charge in [0.15, 0.2) is 16.7 Å². The van der Waals surface area contributed by atoms with Crippen molar-refractivity contribution in [2.45, 2.75) is 19.9 Å². The minimum atomic E-state index is -0.812. The molecule has 1 aliphatic rings. The second-order valence-electron chi connectivity index (χ2n) is 7.48. The maximum absolute atomic E-state index is 13.2. The Bertz CT molecular complexity index is 1350. The van der Waals surface area contributed by atoms with Gasteiger partial charge in [0.25, 0.3) is 5.91 Å². The average molecular weight is 430 g/mol. The van der Waals surface area contributed by atoms with Gasteiger partial charge in [-0.15, -0.1) is 0 Å². The van der Waals surface area contributed by atoms with Gasteiger partial charge in [-0.25, -0.2) is 4.98 Å². The van der Waals surface area contributed by atoms with Crippen LogP contribution in [0.25, 0.3) is 10.2 Å². The molecule has 0 saturated heterocycles. The molecule has 4 aromatic rings. The predicted molar refractivity (Wildman–Crippen MR) is 118 cm³/mol. The topological polar surface area (TPSA) is 83.6 Å². The Morgan fingerprint density at radius 1 is 1.13 bits per heavy atom. The Hall–Kier alpha value is -3.71. The summed E-state index contributed by atoms with van der Waals surface area (Å²) < 4.78 is 6.20. The van der Waals surface area contributed by atoms with Crippen LogP contribution >= 0.6 is 11.3 Å². The van der Waals surface area contributed by atoms with Crippen molar-refractivity contribution >= 4 is 38.4 Å². The molecular weight excluding hydrogens is 412 g/mol. The van der Waals surface area contributed by atoms with Crippen molar-refractivity contribution in [1.82, 2.24) is 4.98 Å². The number of hydrogen-bond donors (Lipinski definition) is 1. The highest BCUT2D eigenvalue weighted by Gasteiger charge is 2.46. The molecule has 5 rings (SSSR count). The minimum Gasteiger partial charge on any atom is -0.503 e. The molecular formula is C24H18N2O4S. The van der Waals surface area contributed by atoms with Crippen molar-refractivity contribution in [1.29, 1.82) is 0 Å².